The lowest BCUT2D eigenvalue weighted by Gasteiger charge is -2.26. The summed E-state index contributed by atoms with van der Waals surface area (Å²) in [4.78, 5) is 19.6. The molecule has 0 saturated carbocycles. The molecule has 0 radical (unpaired) electrons. The predicted molar refractivity (Wildman–Crippen MR) is 111 cm³/mol. The average molecular weight is 377 g/mol. The number of pyridine rings is 1. The van der Waals surface area contributed by atoms with Crippen LogP contribution in [0.25, 0.3) is 16.9 Å². The summed E-state index contributed by atoms with van der Waals surface area (Å²) in [6, 6.07) is 11.9. The Kier molecular flexibility index (Phi) is 5.07. The van der Waals surface area contributed by atoms with Gasteiger partial charge < -0.3 is 9.64 Å². The minimum Gasteiger partial charge on any atom is -0.491 e. The van der Waals surface area contributed by atoms with Crippen LogP contribution in [0, 0.1) is 6.92 Å². The fourth-order valence-electron chi connectivity index (χ4n) is 3.91. The van der Waals surface area contributed by atoms with Crippen LogP contribution >= 0.6 is 0 Å². The molecular formula is C23H27N3O2. The highest BCUT2D eigenvalue weighted by atomic mass is 16.5. The molecule has 1 aliphatic rings. The van der Waals surface area contributed by atoms with Crippen molar-refractivity contribution in [2.24, 2.45) is 0 Å². The van der Waals surface area contributed by atoms with E-state index in [2.05, 4.69) is 6.07 Å². The number of hydrogen-bond donors (Lipinski definition) is 0. The summed E-state index contributed by atoms with van der Waals surface area (Å²) in [7, 11) is 0. The molecule has 3 heterocycles. The van der Waals surface area contributed by atoms with E-state index in [9.17, 15) is 4.79 Å². The Morgan fingerprint density at radius 1 is 1.11 bits per heavy atom. The first-order chi connectivity index (χ1) is 13.5. The molecule has 28 heavy (non-hydrogen) atoms. The molecule has 0 aliphatic carbocycles. The summed E-state index contributed by atoms with van der Waals surface area (Å²) >= 11 is 0. The van der Waals surface area contributed by atoms with Gasteiger partial charge in [0.1, 0.15) is 11.4 Å². The molecule has 0 atom stereocenters. The maximum Gasteiger partial charge on any atom is 0.255 e. The van der Waals surface area contributed by atoms with Crippen LogP contribution in [-0.4, -0.2) is 39.4 Å². The fourth-order valence-corrected chi connectivity index (χ4v) is 3.91. The molecule has 3 aromatic rings. The molecule has 1 amide bonds. The second kappa shape index (κ2) is 7.66. The van der Waals surface area contributed by atoms with Gasteiger partial charge in [0.2, 0.25) is 0 Å². The number of imidazole rings is 1. The van der Waals surface area contributed by atoms with E-state index in [1.165, 1.54) is 6.42 Å². The van der Waals surface area contributed by atoms with Gasteiger partial charge >= 0.3 is 0 Å². The Balaban J connectivity index is 1.74. The summed E-state index contributed by atoms with van der Waals surface area (Å²) in [6.07, 6.45) is 5.44. The van der Waals surface area contributed by atoms with Gasteiger partial charge in [0.25, 0.3) is 5.91 Å². The molecule has 0 spiro atoms. The molecule has 5 nitrogen and oxygen atoms in total. The lowest BCUT2D eigenvalue weighted by atomic mass is 10.1. The van der Waals surface area contributed by atoms with Crippen molar-refractivity contribution in [3.8, 4) is 17.0 Å². The zero-order valence-electron chi connectivity index (χ0n) is 16.8. The Labute approximate surface area is 166 Å². The van der Waals surface area contributed by atoms with Gasteiger partial charge in [-0.05, 0) is 64.3 Å². The maximum atomic E-state index is 12.9. The van der Waals surface area contributed by atoms with E-state index in [-0.39, 0.29) is 12.0 Å². The van der Waals surface area contributed by atoms with E-state index in [1.807, 2.05) is 66.6 Å². The van der Waals surface area contributed by atoms with E-state index >= 15 is 0 Å². The second-order valence-corrected chi connectivity index (χ2v) is 7.74. The minimum absolute atomic E-state index is 0.107. The number of nitrogens with zero attached hydrogens (tertiary/aromatic N) is 3. The van der Waals surface area contributed by atoms with Crippen molar-refractivity contribution in [2.75, 3.05) is 13.1 Å². The van der Waals surface area contributed by atoms with E-state index in [4.69, 9.17) is 9.72 Å². The third-order valence-corrected chi connectivity index (χ3v) is 5.16. The molecule has 1 saturated heterocycles. The number of rotatable bonds is 4. The van der Waals surface area contributed by atoms with Crippen molar-refractivity contribution in [1.82, 2.24) is 14.3 Å². The standard InChI is InChI=1S/C23H27N3O2/c1-16(2)28-20-9-7-8-18(14-20)22-17(3)24-21-11-10-19(15-26(21)22)23(27)25-12-5-4-6-13-25/h7-11,14-16H,4-6,12-13H2,1-3H3. The van der Waals surface area contributed by atoms with Crippen molar-refractivity contribution in [3.05, 3.63) is 53.9 Å². The molecule has 1 aromatic carbocycles. The normalized spacial score (nSPS) is 14.6. The lowest BCUT2D eigenvalue weighted by molar-refractivity contribution is 0.0724. The number of carbonyl (C=O) groups excluding carboxylic acids is 1. The summed E-state index contributed by atoms with van der Waals surface area (Å²) in [5.74, 6) is 0.943. The van der Waals surface area contributed by atoms with Gasteiger partial charge in [-0.25, -0.2) is 4.98 Å². The van der Waals surface area contributed by atoms with Gasteiger partial charge in [-0.15, -0.1) is 0 Å². The van der Waals surface area contributed by atoms with Crippen molar-refractivity contribution in [3.63, 3.8) is 0 Å². The monoisotopic (exact) mass is 377 g/mol. The Hall–Kier alpha value is -2.82. The smallest absolute Gasteiger partial charge is 0.255 e. The maximum absolute atomic E-state index is 12.9. The minimum atomic E-state index is 0.107. The molecule has 0 bridgehead atoms. The third-order valence-electron chi connectivity index (χ3n) is 5.16. The highest BCUT2D eigenvalue weighted by Crippen LogP contribution is 2.29. The van der Waals surface area contributed by atoms with Crippen molar-refractivity contribution in [1.29, 1.82) is 0 Å². The van der Waals surface area contributed by atoms with Crippen molar-refractivity contribution in [2.45, 2.75) is 46.1 Å². The number of ether oxygens (including phenoxy) is 1. The van der Waals surface area contributed by atoms with Crippen molar-refractivity contribution < 1.29 is 9.53 Å². The van der Waals surface area contributed by atoms with Gasteiger partial charge in [-0.1, -0.05) is 12.1 Å². The topological polar surface area (TPSA) is 46.8 Å². The van der Waals surface area contributed by atoms with Crippen LogP contribution in [-0.2, 0) is 0 Å². The third kappa shape index (κ3) is 3.61. The Morgan fingerprint density at radius 3 is 2.64 bits per heavy atom. The second-order valence-electron chi connectivity index (χ2n) is 7.74. The molecule has 146 valence electrons. The quantitative estimate of drug-likeness (QED) is 0.661. The van der Waals surface area contributed by atoms with E-state index in [0.29, 0.717) is 5.56 Å². The van der Waals surface area contributed by atoms with Crippen LogP contribution in [0.4, 0.5) is 0 Å². The summed E-state index contributed by atoms with van der Waals surface area (Å²) in [6.45, 7) is 7.74. The zero-order chi connectivity index (χ0) is 19.7. The number of fused-ring (bicyclic) bond motifs is 1. The molecule has 0 unspecified atom stereocenters. The van der Waals surface area contributed by atoms with Gasteiger partial charge in [0.15, 0.2) is 0 Å². The fraction of sp³-hybridized carbons (Fsp3) is 0.391. The number of amides is 1. The zero-order valence-corrected chi connectivity index (χ0v) is 16.8. The number of piperidine rings is 1. The Morgan fingerprint density at radius 2 is 1.89 bits per heavy atom. The van der Waals surface area contributed by atoms with Gasteiger partial charge in [-0.2, -0.15) is 0 Å². The van der Waals surface area contributed by atoms with Gasteiger partial charge in [0.05, 0.1) is 23.1 Å². The molecule has 0 N–H and O–H groups in total. The lowest BCUT2D eigenvalue weighted by Crippen LogP contribution is -2.35. The number of carbonyl (C=O) groups is 1. The number of hydrogen-bond acceptors (Lipinski definition) is 3. The van der Waals surface area contributed by atoms with Gasteiger partial charge in [-0.3, -0.25) is 9.20 Å². The molecule has 1 fully saturated rings. The largest absolute Gasteiger partial charge is 0.491 e. The molecule has 1 aliphatic heterocycles. The van der Waals surface area contributed by atoms with Crippen LogP contribution in [0.15, 0.2) is 42.6 Å². The summed E-state index contributed by atoms with van der Waals surface area (Å²) < 4.78 is 7.88. The SMILES string of the molecule is Cc1nc2ccc(C(=O)N3CCCCC3)cn2c1-c1cccc(OC(C)C)c1. The molecule has 2 aromatic heterocycles. The highest BCUT2D eigenvalue weighted by molar-refractivity contribution is 5.94. The first-order valence-corrected chi connectivity index (χ1v) is 10.1. The first-order valence-electron chi connectivity index (χ1n) is 10.1. The van der Waals surface area contributed by atoms with E-state index < -0.39 is 0 Å². The van der Waals surface area contributed by atoms with E-state index in [0.717, 1.165) is 54.3 Å². The summed E-state index contributed by atoms with van der Waals surface area (Å²) in [5.41, 5.74) is 4.52. The first kappa shape index (κ1) is 18.5. The van der Waals surface area contributed by atoms with Crippen LogP contribution in [0.3, 0.4) is 0 Å². The van der Waals surface area contributed by atoms with Crippen LogP contribution in [0.2, 0.25) is 0 Å². The average Bonchev–Trinajstić information content (AvgIpc) is 3.02. The molecular weight excluding hydrogens is 350 g/mol. The molecule has 4 rings (SSSR count). The number of aryl methyl sites for hydroxylation is 1. The summed E-state index contributed by atoms with van der Waals surface area (Å²) in [5, 5.41) is 0. The number of benzene rings is 1. The Bertz CT molecular complexity index is 1000. The van der Waals surface area contributed by atoms with E-state index in [1.54, 1.807) is 0 Å². The van der Waals surface area contributed by atoms with Gasteiger partial charge in [0, 0.05) is 24.8 Å². The number of aromatic nitrogens is 2. The van der Waals surface area contributed by atoms with Crippen LogP contribution in [0.1, 0.15) is 49.2 Å². The number of likely N-dealkylation sites (tertiary alicyclic amines) is 1. The molecule has 5 heteroatoms. The highest BCUT2D eigenvalue weighted by Gasteiger charge is 2.20. The van der Waals surface area contributed by atoms with Crippen LogP contribution < -0.4 is 4.74 Å². The predicted octanol–water partition coefficient (Wildman–Crippen LogP) is 4.72. The van der Waals surface area contributed by atoms with Crippen molar-refractivity contribution >= 4 is 11.6 Å². The van der Waals surface area contributed by atoms with Crippen LogP contribution in [0.5, 0.6) is 5.75 Å².